The second-order valence-electron chi connectivity index (χ2n) is 12.9. The monoisotopic (exact) mass is 633 g/mol. The number of likely N-dealkylation sites (N-methyl/N-ethyl adjacent to an activating group) is 1. The van der Waals surface area contributed by atoms with Crippen molar-refractivity contribution in [1.82, 2.24) is 9.80 Å². The Bertz CT molecular complexity index is 1480. The van der Waals surface area contributed by atoms with Gasteiger partial charge in [-0.05, 0) is 101 Å². The Morgan fingerprint density at radius 3 is 2.34 bits per heavy atom. The van der Waals surface area contributed by atoms with E-state index in [-0.39, 0.29) is 23.1 Å². The minimum Gasteiger partial charge on any atom is -0.341 e. The summed E-state index contributed by atoms with van der Waals surface area (Å²) in [6.07, 6.45) is 5.54. The first kappa shape index (κ1) is 32.5. The molecule has 7 heteroatoms. The Kier molecular flexibility index (Phi) is 10.4. The number of benzene rings is 3. The zero-order valence-corrected chi connectivity index (χ0v) is 28.1. The van der Waals surface area contributed by atoms with Crippen LogP contribution in [0.25, 0.3) is 0 Å². The average Bonchev–Trinajstić information content (AvgIpc) is 3.33. The van der Waals surface area contributed by atoms with Gasteiger partial charge < -0.3 is 14.7 Å². The van der Waals surface area contributed by atoms with Crippen LogP contribution in [-0.2, 0) is 10.2 Å². The third-order valence-corrected chi connectivity index (χ3v) is 10.3. The number of carbonyl (C=O) groups is 2. The summed E-state index contributed by atoms with van der Waals surface area (Å²) in [7, 11) is 1.89. The van der Waals surface area contributed by atoms with Crippen molar-refractivity contribution in [2.75, 3.05) is 44.7 Å². The first-order valence-corrected chi connectivity index (χ1v) is 16.8. The molecule has 2 amide bonds. The number of halogens is 2. The number of carbonyl (C=O) groups excluding carboxylic acids is 2. The summed E-state index contributed by atoms with van der Waals surface area (Å²) in [6.45, 7) is 10.5. The zero-order chi connectivity index (χ0) is 31.4. The van der Waals surface area contributed by atoms with Crippen LogP contribution in [0, 0.1) is 13.8 Å². The summed E-state index contributed by atoms with van der Waals surface area (Å²) in [4.78, 5) is 33.0. The van der Waals surface area contributed by atoms with Crippen LogP contribution in [0.15, 0.2) is 60.7 Å². The molecule has 2 aliphatic rings. The van der Waals surface area contributed by atoms with E-state index in [0.717, 1.165) is 86.2 Å². The van der Waals surface area contributed by atoms with E-state index in [1.54, 1.807) is 0 Å². The van der Waals surface area contributed by atoms with E-state index in [1.165, 1.54) is 5.56 Å². The average molecular weight is 635 g/mol. The van der Waals surface area contributed by atoms with Crippen molar-refractivity contribution in [3.05, 3.63) is 98.5 Å². The van der Waals surface area contributed by atoms with Gasteiger partial charge in [-0.3, -0.25) is 9.59 Å². The topological polar surface area (TPSA) is 43.9 Å². The number of unbranched alkanes of at least 4 members (excludes halogenated alkanes) is 1. The number of anilines is 1. The highest BCUT2D eigenvalue weighted by Crippen LogP contribution is 2.47. The van der Waals surface area contributed by atoms with Crippen LogP contribution in [0.2, 0.25) is 10.0 Å². The molecule has 1 spiro atoms. The van der Waals surface area contributed by atoms with Gasteiger partial charge >= 0.3 is 0 Å². The summed E-state index contributed by atoms with van der Waals surface area (Å²) in [5, 5.41) is 1.07. The Morgan fingerprint density at radius 2 is 1.66 bits per heavy atom. The highest BCUT2D eigenvalue weighted by Gasteiger charge is 2.45. The molecule has 1 atom stereocenters. The minimum atomic E-state index is 0.0245. The van der Waals surface area contributed by atoms with Crippen LogP contribution < -0.4 is 4.90 Å². The van der Waals surface area contributed by atoms with Gasteiger partial charge in [0.1, 0.15) is 0 Å². The summed E-state index contributed by atoms with van der Waals surface area (Å²) < 4.78 is 0. The fraction of sp³-hybridized carbons (Fsp3) is 0.459. The molecule has 3 aromatic carbocycles. The molecule has 0 saturated carbocycles. The maximum absolute atomic E-state index is 13.5. The number of fused-ring (bicyclic) bond motifs is 2. The lowest BCUT2D eigenvalue weighted by molar-refractivity contribution is -0.118. The van der Waals surface area contributed by atoms with Crippen molar-refractivity contribution >= 4 is 40.7 Å². The van der Waals surface area contributed by atoms with Crippen LogP contribution >= 0.6 is 23.2 Å². The highest BCUT2D eigenvalue weighted by molar-refractivity contribution is 6.42. The second-order valence-corrected chi connectivity index (χ2v) is 13.8. The fourth-order valence-corrected chi connectivity index (χ4v) is 7.45. The molecule has 0 aliphatic carbocycles. The van der Waals surface area contributed by atoms with Crippen LogP contribution in [0.3, 0.4) is 0 Å². The Morgan fingerprint density at radius 1 is 0.955 bits per heavy atom. The van der Waals surface area contributed by atoms with E-state index in [9.17, 15) is 9.59 Å². The molecular formula is C37H45Cl2N3O2. The number of nitrogens with zero attached hydrogens (tertiary/aromatic N) is 3. The third kappa shape index (κ3) is 7.17. The Balaban J connectivity index is 1.27. The number of aryl methyl sites for hydroxylation is 2. The minimum absolute atomic E-state index is 0.0245. The van der Waals surface area contributed by atoms with Crippen LogP contribution in [0.1, 0.15) is 84.0 Å². The van der Waals surface area contributed by atoms with Gasteiger partial charge in [0.15, 0.2) is 0 Å². The fourth-order valence-electron chi connectivity index (χ4n) is 7.15. The van der Waals surface area contributed by atoms with E-state index < -0.39 is 0 Å². The molecule has 2 heterocycles. The van der Waals surface area contributed by atoms with Gasteiger partial charge in [-0.15, -0.1) is 0 Å². The largest absolute Gasteiger partial charge is 0.341 e. The first-order chi connectivity index (χ1) is 21.1. The number of piperidine rings is 1. The van der Waals surface area contributed by atoms with Crippen LogP contribution in [0.5, 0.6) is 0 Å². The maximum Gasteiger partial charge on any atom is 0.253 e. The number of para-hydroxylation sites is 1. The van der Waals surface area contributed by atoms with E-state index in [1.807, 2.05) is 56.1 Å². The van der Waals surface area contributed by atoms with Gasteiger partial charge in [0, 0.05) is 49.1 Å². The van der Waals surface area contributed by atoms with Crippen molar-refractivity contribution in [2.45, 2.75) is 70.6 Å². The van der Waals surface area contributed by atoms with Crippen LogP contribution in [-0.4, -0.2) is 61.4 Å². The zero-order valence-electron chi connectivity index (χ0n) is 26.5. The molecular weight excluding hydrogens is 589 g/mol. The van der Waals surface area contributed by atoms with Gasteiger partial charge in [0.25, 0.3) is 5.91 Å². The molecule has 5 rings (SSSR count). The molecule has 44 heavy (non-hydrogen) atoms. The van der Waals surface area contributed by atoms with E-state index >= 15 is 0 Å². The van der Waals surface area contributed by atoms with Crippen molar-refractivity contribution in [3.8, 4) is 0 Å². The molecule has 0 radical (unpaired) electrons. The molecule has 0 unspecified atom stereocenters. The normalized spacial score (nSPS) is 16.6. The number of amides is 2. The van der Waals surface area contributed by atoms with Gasteiger partial charge in [0.05, 0.1) is 10.0 Å². The van der Waals surface area contributed by atoms with E-state index in [0.29, 0.717) is 23.0 Å². The first-order valence-electron chi connectivity index (χ1n) is 16.0. The van der Waals surface area contributed by atoms with Crippen molar-refractivity contribution in [3.63, 3.8) is 0 Å². The van der Waals surface area contributed by atoms with Crippen molar-refractivity contribution < 1.29 is 9.59 Å². The maximum atomic E-state index is 13.5. The molecule has 0 N–H and O–H groups in total. The molecule has 1 saturated heterocycles. The molecule has 1 fully saturated rings. The smallest absolute Gasteiger partial charge is 0.253 e. The van der Waals surface area contributed by atoms with Crippen LogP contribution in [0.4, 0.5) is 5.69 Å². The summed E-state index contributed by atoms with van der Waals surface area (Å²) >= 11 is 12.7. The highest BCUT2D eigenvalue weighted by atomic mass is 35.5. The van der Waals surface area contributed by atoms with E-state index in [2.05, 4.69) is 47.1 Å². The standard InChI is InChI=1S/C37H45Cl2N3O2/c1-5-6-11-35(43)42-25-37(31-9-7-8-10-34(31)42)15-18-41(19-16-37)17-14-29(28-12-13-32(38)33(39)23-28)24-40(4)36(44)30-21-26(2)20-27(3)22-30/h7-10,12-13,20-23,29H,5-6,11,14-19,24-25H2,1-4H3/t29-/m1/s1. The van der Waals surface area contributed by atoms with Crippen molar-refractivity contribution in [1.29, 1.82) is 0 Å². The summed E-state index contributed by atoms with van der Waals surface area (Å²) in [6, 6.07) is 20.4. The van der Waals surface area contributed by atoms with E-state index in [4.69, 9.17) is 23.2 Å². The molecule has 5 nitrogen and oxygen atoms in total. The van der Waals surface area contributed by atoms with Gasteiger partial charge in [-0.2, -0.15) is 0 Å². The third-order valence-electron chi connectivity index (χ3n) is 9.60. The summed E-state index contributed by atoms with van der Waals surface area (Å²) in [5.41, 5.74) is 6.46. The SMILES string of the molecule is CCCCC(=O)N1CC2(CCN(CC[C@H](CN(C)C(=O)c3cc(C)cc(C)c3)c3ccc(Cl)c(Cl)c3)CC2)c2ccccc21. The summed E-state index contributed by atoms with van der Waals surface area (Å²) in [5.74, 6) is 0.390. The molecule has 3 aromatic rings. The Labute approximate surface area is 273 Å². The van der Waals surface area contributed by atoms with Gasteiger partial charge in [-0.25, -0.2) is 0 Å². The number of hydrogen-bond acceptors (Lipinski definition) is 3. The lowest BCUT2D eigenvalue weighted by Crippen LogP contribution is -2.46. The predicted octanol–water partition coefficient (Wildman–Crippen LogP) is 8.43. The number of hydrogen-bond donors (Lipinski definition) is 0. The molecule has 234 valence electrons. The van der Waals surface area contributed by atoms with Crippen molar-refractivity contribution in [2.24, 2.45) is 0 Å². The lowest BCUT2D eigenvalue weighted by atomic mass is 9.74. The molecule has 0 aromatic heterocycles. The Hall–Kier alpha value is -2.86. The lowest BCUT2D eigenvalue weighted by Gasteiger charge is -2.40. The quantitative estimate of drug-likeness (QED) is 0.225. The molecule has 0 bridgehead atoms. The number of rotatable bonds is 10. The van der Waals surface area contributed by atoms with Gasteiger partial charge in [-0.1, -0.05) is 78.0 Å². The molecule has 2 aliphatic heterocycles. The predicted molar refractivity (Wildman–Crippen MR) is 182 cm³/mol. The second kappa shape index (κ2) is 14.1. The number of likely N-dealkylation sites (tertiary alicyclic amines) is 1. The van der Waals surface area contributed by atoms with Gasteiger partial charge in [0.2, 0.25) is 5.91 Å².